The number of hydrogen-bond acceptors (Lipinski definition) is 6. The smallest absolute Gasteiger partial charge is 0.193 e. The zero-order chi connectivity index (χ0) is 23.3. The van der Waals surface area contributed by atoms with Crippen LogP contribution in [0.2, 0.25) is 18.1 Å². The lowest BCUT2D eigenvalue weighted by atomic mass is 10.0. The van der Waals surface area contributed by atoms with Crippen molar-refractivity contribution in [3.63, 3.8) is 0 Å². The van der Waals surface area contributed by atoms with E-state index in [1.165, 1.54) is 0 Å². The Kier molecular flexibility index (Phi) is 9.04. The van der Waals surface area contributed by atoms with E-state index in [4.69, 9.17) is 18.6 Å². The minimum atomic E-state index is -2.21. The Bertz CT molecular complexity index is 711. The highest BCUT2D eigenvalue weighted by molar-refractivity contribution is 6.74. The van der Waals surface area contributed by atoms with Crippen molar-refractivity contribution in [1.29, 1.82) is 0 Å². The first-order valence-electron chi connectivity index (χ1n) is 11.0. The van der Waals surface area contributed by atoms with Gasteiger partial charge in [-0.05, 0) is 43.1 Å². The van der Waals surface area contributed by atoms with E-state index in [-0.39, 0.29) is 24.4 Å². The summed E-state index contributed by atoms with van der Waals surface area (Å²) in [5.41, 5.74) is 1.69. The van der Waals surface area contributed by atoms with Gasteiger partial charge in [0.25, 0.3) is 0 Å². The third-order valence-corrected chi connectivity index (χ3v) is 10.5. The normalized spacial score (nSPS) is 23.2. The van der Waals surface area contributed by atoms with Crippen molar-refractivity contribution in [2.24, 2.45) is 0 Å². The second kappa shape index (κ2) is 10.7. The first kappa shape index (κ1) is 26.2. The van der Waals surface area contributed by atoms with Crippen LogP contribution in [0, 0.1) is 0 Å². The fourth-order valence-corrected chi connectivity index (χ4v) is 4.63. The number of hydrogen-bond donors (Lipinski definition) is 2. The van der Waals surface area contributed by atoms with E-state index in [0.29, 0.717) is 18.8 Å². The molecule has 1 aromatic carbocycles. The van der Waals surface area contributed by atoms with Crippen molar-refractivity contribution in [3.8, 4) is 0 Å². The molecular weight excluding hydrogens is 412 g/mol. The van der Waals surface area contributed by atoms with Gasteiger partial charge in [-0.1, -0.05) is 57.2 Å². The summed E-state index contributed by atoms with van der Waals surface area (Å²) >= 11 is 0. The lowest BCUT2D eigenvalue weighted by molar-refractivity contribution is -0.156. The number of aliphatic hydroxyl groups excluding tert-OH is 2. The van der Waals surface area contributed by atoms with Crippen LogP contribution in [0.5, 0.6) is 0 Å². The largest absolute Gasteiger partial charge is 0.407 e. The van der Waals surface area contributed by atoms with Gasteiger partial charge in [-0.15, -0.1) is 0 Å². The molecule has 1 aromatic rings. The summed E-state index contributed by atoms with van der Waals surface area (Å²) in [6.07, 6.45) is 0.228. The lowest BCUT2D eigenvalue weighted by Gasteiger charge is -2.41. The Morgan fingerprint density at radius 1 is 1.16 bits per heavy atom. The maximum Gasteiger partial charge on any atom is 0.193 e. The van der Waals surface area contributed by atoms with Gasteiger partial charge < -0.3 is 28.8 Å². The zero-order valence-electron chi connectivity index (χ0n) is 20.1. The lowest BCUT2D eigenvalue weighted by Crippen LogP contribution is -2.51. The molecule has 6 nitrogen and oxygen atoms in total. The van der Waals surface area contributed by atoms with E-state index in [1.54, 1.807) is 6.08 Å². The number of aliphatic hydroxyl groups is 2. The number of benzene rings is 1. The minimum Gasteiger partial charge on any atom is -0.407 e. The van der Waals surface area contributed by atoms with Crippen LogP contribution in [-0.4, -0.2) is 62.5 Å². The monoisotopic (exact) mass is 452 g/mol. The van der Waals surface area contributed by atoms with Crippen LogP contribution in [0.1, 0.15) is 40.2 Å². The average Bonchev–Trinajstić information content (AvgIpc) is 2.98. The fraction of sp³-hybridized carbons (Fsp3) is 0.667. The van der Waals surface area contributed by atoms with Crippen LogP contribution in [0.25, 0.3) is 0 Å². The van der Waals surface area contributed by atoms with Gasteiger partial charge >= 0.3 is 0 Å². The van der Waals surface area contributed by atoms with Crippen LogP contribution in [0.15, 0.2) is 42.0 Å². The van der Waals surface area contributed by atoms with Gasteiger partial charge in [-0.25, -0.2) is 0 Å². The van der Waals surface area contributed by atoms with E-state index in [9.17, 15) is 10.2 Å². The summed E-state index contributed by atoms with van der Waals surface area (Å²) in [5.74, 6) is -0.805. The molecule has 176 valence electrons. The summed E-state index contributed by atoms with van der Waals surface area (Å²) in [5, 5.41) is 19.6. The molecule has 0 aliphatic carbocycles. The number of rotatable bonds is 10. The van der Waals surface area contributed by atoms with E-state index < -0.39 is 26.3 Å². The van der Waals surface area contributed by atoms with Gasteiger partial charge in [0, 0.05) is 0 Å². The molecule has 0 radical (unpaired) electrons. The van der Waals surface area contributed by atoms with E-state index in [1.807, 2.05) is 44.2 Å². The quantitative estimate of drug-likeness (QED) is 0.412. The summed E-state index contributed by atoms with van der Waals surface area (Å²) in [6.45, 7) is 15.0. The van der Waals surface area contributed by atoms with Gasteiger partial charge in [-0.3, -0.25) is 0 Å². The van der Waals surface area contributed by atoms with Gasteiger partial charge in [0.05, 0.1) is 32.5 Å². The summed E-state index contributed by atoms with van der Waals surface area (Å²) in [4.78, 5) is 0. The third-order valence-electron chi connectivity index (χ3n) is 6.04. The van der Waals surface area contributed by atoms with Crippen molar-refractivity contribution in [2.75, 3.05) is 19.8 Å². The van der Waals surface area contributed by atoms with Crippen molar-refractivity contribution >= 4 is 8.32 Å². The molecule has 3 atom stereocenters. The SMILES string of the molecule is CC1(C)O[C@@H](COCc2ccccc2)[C@H](C(O[Si](C)(C)C(C)(C)C)/C(=C/CO)CO)O1. The molecule has 1 aliphatic rings. The Morgan fingerprint density at radius 2 is 1.81 bits per heavy atom. The standard InChI is InChI=1S/C24H40O6Si/c1-23(2,3)31(6,7)30-21(19(15-26)13-14-25)22-20(28-24(4,5)29-22)17-27-16-18-11-9-8-10-12-18/h8-13,20-22,25-26H,14-17H2,1-7H3/b19-13+/t20-,21?,22+/m0/s1. The molecule has 2 rings (SSSR count). The first-order valence-corrected chi connectivity index (χ1v) is 13.9. The maximum atomic E-state index is 10.1. The molecule has 1 unspecified atom stereocenters. The Balaban J connectivity index is 2.25. The van der Waals surface area contributed by atoms with Gasteiger partial charge in [0.1, 0.15) is 12.2 Å². The molecule has 0 saturated carbocycles. The Hall–Kier alpha value is -1.06. The van der Waals surface area contributed by atoms with Crippen LogP contribution in [-0.2, 0) is 25.2 Å². The molecule has 1 fully saturated rings. The van der Waals surface area contributed by atoms with Crippen molar-refractivity contribution < 1.29 is 28.8 Å². The van der Waals surface area contributed by atoms with Crippen molar-refractivity contribution in [2.45, 2.75) is 83.5 Å². The third kappa shape index (κ3) is 7.22. The second-order valence-corrected chi connectivity index (χ2v) is 14.8. The zero-order valence-corrected chi connectivity index (χ0v) is 21.1. The summed E-state index contributed by atoms with van der Waals surface area (Å²) in [7, 11) is -2.21. The molecule has 0 aromatic heterocycles. The highest BCUT2D eigenvalue weighted by Crippen LogP contribution is 2.41. The van der Waals surface area contributed by atoms with E-state index in [2.05, 4.69) is 33.9 Å². The predicted molar refractivity (Wildman–Crippen MR) is 124 cm³/mol. The highest BCUT2D eigenvalue weighted by atomic mass is 28.4. The average molecular weight is 453 g/mol. The van der Waals surface area contributed by atoms with Crippen LogP contribution in [0.4, 0.5) is 0 Å². The molecule has 2 N–H and O–H groups in total. The summed E-state index contributed by atoms with van der Waals surface area (Å²) in [6, 6.07) is 9.98. The summed E-state index contributed by atoms with van der Waals surface area (Å²) < 4.78 is 25.1. The van der Waals surface area contributed by atoms with E-state index >= 15 is 0 Å². The molecule has 7 heteroatoms. The van der Waals surface area contributed by atoms with E-state index in [0.717, 1.165) is 5.56 Å². The van der Waals surface area contributed by atoms with Crippen LogP contribution < -0.4 is 0 Å². The van der Waals surface area contributed by atoms with Gasteiger partial charge in [-0.2, -0.15) is 0 Å². The van der Waals surface area contributed by atoms with Crippen molar-refractivity contribution in [1.82, 2.24) is 0 Å². The van der Waals surface area contributed by atoms with Gasteiger partial charge in [0.15, 0.2) is 14.1 Å². The maximum absolute atomic E-state index is 10.1. The fourth-order valence-electron chi connectivity index (χ4n) is 3.35. The second-order valence-electron chi connectivity index (χ2n) is 10.1. The minimum absolute atomic E-state index is 0.0285. The molecule has 0 bridgehead atoms. The molecule has 1 saturated heterocycles. The molecule has 1 aliphatic heterocycles. The van der Waals surface area contributed by atoms with Crippen LogP contribution in [0.3, 0.4) is 0 Å². The molecule has 31 heavy (non-hydrogen) atoms. The Morgan fingerprint density at radius 3 is 2.35 bits per heavy atom. The number of ether oxygens (including phenoxy) is 3. The molecule has 0 amide bonds. The van der Waals surface area contributed by atoms with Gasteiger partial charge in [0.2, 0.25) is 0 Å². The predicted octanol–water partition coefficient (Wildman–Crippen LogP) is 4.02. The Labute approximate surface area is 188 Å². The first-order chi connectivity index (χ1) is 14.4. The van der Waals surface area contributed by atoms with Crippen LogP contribution >= 0.6 is 0 Å². The molecule has 1 heterocycles. The topological polar surface area (TPSA) is 77.4 Å². The van der Waals surface area contributed by atoms with Crippen molar-refractivity contribution in [3.05, 3.63) is 47.5 Å². The molecular formula is C24H40O6Si. The molecule has 0 spiro atoms. The highest BCUT2D eigenvalue weighted by Gasteiger charge is 2.49.